The van der Waals surface area contributed by atoms with E-state index in [1.807, 2.05) is 13.1 Å². The van der Waals surface area contributed by atoms with Gasteiger partial charge >= 0.3 is 0 Å². The number of halogens is 1. The molecule has 0 amide bonds. The first-order chi connectivity index (χ1) is 7.70. The molecule has 0 aliphatic heterocycles. The van der Waals surface area contributed by atoms with E-state index in [0.717, 1.165) is 28.2 Å². The van der Waals surface area contributed by atoms with E-state index in [4.69, 9.17) is 0 Å². The van der Waals surface area contributed by atoms with Crippen molar-refractivity contribution >= 4 is 15.9 Å². The molecule has 0 saturated heterocycles. The molecule has 0 unspecified atom stereocenters. The Bertz CT molecular complexity index is 491. The van der Waals surface area contributed by atoms with E-state index in [9.17, 15) is 0 Å². The standard InChI is InChI=1S/C12H14BrN3/c1-8-4-3-5-9(6-8)11-12(13)16-10(15-11)7-14-2/h3-6,14H,7H2,1-2H3,(H,15,16). The summed E-state index contributed by atoms with van der Waals surface area (Å²) in [5.74, 6) is 0.936. The molecule has 0 saturated carbocycles. The second kappa shape index (κ2) is 4.80. The summed E-state index contributed by atoms with van der Waals surface area (Å²) in [6.45, 7) is 2.82. The molecule has 16 heavy (non-hydrogen) atoms. The minimum absolute atomic E-state index is 0.740. The highest BCUT2D eigenvalue weighted by atomic mass is 79.9. The average Bonchev–Trinajstić information content (AvgIpc) is 2.60. The van der Waals surface area contributed by atoms with E-state index < -0.39 is 0 Å². The van der Waals surface area contributed by atoms with E-state index in [1.54, 1.807) is 0 Å². The Morgan fingerprint density at radius 1 is 1.44 bits per heavy atom. The molecule has 0 radical (unpaired) electrons. The smallest absolute Gasteiger partial charge is 0.121 e. The number of nitrogens with one attached hydrogen (secondary N) is 2. The van der Waals surface area contributed by atoms with Gasteiger partial charge in [-0.15, -0.1) is 0 Å². The van der Waals surface area contributed by atoms with Crippen LogP contribution >= 0.6 is 15.9 Å². The Kier molecular flexibility index (Phi) is 3.41. The first kappa shape index (κ1) is 11.4. The molecule has 3 nitrogen and oxygen atoms in total. The third-order valence-electron chi connectivity index (χ3n) is 2.34. The van der Waals surface area contributed by atoms with Gasteiger partial charge in [0.05, 0.1) is 6.54 Å². The Hall–Kier alpha value is -1.13. The van der Waals surface area contributed by atoms with Gasteiger partial charge in [-0.05, 0) is 36.0 Å². The molecule has 1 heterocycles. The van der Waals surface area contributed by atoms with Crippen molar-refractivity contribution in [3.63, 3.8) is 0 Å². The second-order valence-corrected chi connectivity index (χ2v) is 4.54. The van der Waals surface area contributed by atoms with Gasteiger partial charge < -0.3 is 10.3 Å². The quantitative estimate of drug-likeness (QED) is 0.907. The summed E-state index contributed by atoms with van der Waals surface area (Å²) >= 11 is 3.50. The van der Waals surface area contributed by atoms with Crippen LogP contribution in [0.2, 0.25) is 0 Å². The Morgan fingerprint density at radius 2 is 2.25 bits per heavy atom. The lowest BCUT2D eigenvalue weighted by molar-refractivity contribution is 0.771. The molecule has 2 N–H and O–H groups in total. The third kappa shape index (κ3) is 2.33. The summed E-state index contributed by atoms with van der Waals surface area (Å²) in [4.78, 5) is 7.75. The van der Waals surface area contributed by atoms with Gasteiger partial charge in [-0.1, -0.05) is 23.8 Å². The summed E-state index contributed by atoms with van der Waals surface area (Å²) in [5.41, 5.74) is 3.34. The van der Waals surface area contributed by atoms with Crippen LogP contribution in [0.15, 0.2) is 28.9 Å². The molecule has 0 atom stereocenters. The number of hydrogen-bond donors (Lipinski definition) is 2. The molecule has 2 aromatic rings. The van der Waals surface area contributed by atoms with Crippen LogP contribution in [0, 0.1) is 6.92 Å². The van der Waals surface area contributed by atoms with Crippen LogP contribution in [0.1, 0.15) is 11.4 Å². The van der Waals surface area contributed by atoms with Crippen molar-refractivity contribution in [1.29, 1.82) is 0 Å². The lowest BCUT2D eigenvalue weighted by Gasteiger charge is -1.98. The fourth-order valence-corrected chi connectivity index (χ4v) is 2.18. The van der Waals surface area contributed by atoms with Crippen LogP contribution < -0.4 is 5.32 Å². The summed E-state index contributed by atoms with van der Waals surface area (Å²) in [7, 11) is 1.91. The van der Waals surface area contributed by atoms with Crippen LogP contribution in [-0.4, -0.2) is 17.0 Å². The van der Waals surface area contributed by atoms with Gasteiger partial charge in [-0.2, -0.15) is 0 Å². The SMILES string of the molecule is CNCc1nc(-c2cccc(C)c2)c(Br)[nH]1. The number of aryl methyl sites for hydroxylation is 1. The van der Waals surface area contributed by atoms with E-state index in [1.165, 1.54) is 5.56 Å². The highest BCUT2D eigenvalue weighted by Gasteiger charge is 2.09. The maximum Gasteiger partial charge on any atom is 0.121 e. The molecular formula is C12H14BrN3. The molecule has 2 rings (SSSR count). The number of H-pyrrole nitrogens is 1. The lowest BCUT2D eigenvalue weighted by Crippen LogP contribution is -2.06. The molecule has 1 aromatic carbocycles. The van der Waals surface area contributed by atoms with Gasteiger partial charge in [0.2, 0.25) is 0 Å². The van der Waals surface area contributed by atoms with Gasteiger partial charge in [-0.3, -0.25) is 0 Å². The topological polar surface area (TPSA) is 40.7 Å². The summed E-state index contributed by atoms with van der Waals surface area (Å²) < 4.78 is 0.934. The van der Waals surface area contributed by atoms with Crippen molar-refractivity contribution in [2.75, 3.05) is 7.05 Å². The van der Waals surface area contributed by atoms with Crippen molar-refractivity contribution in [3.05, 3.63) is 40.3 Å². The molecule has 0 spiro atoms. The monoisotopic (exact) mass is 279 g/mol. The summed E-state index contributed by atoms with van der Waals surface area (Å²) in [6, 6.07) is 8.32. The van der Waals surface area contributed by atoms with Crippen molar-refractivity contribution < 1.29 is 0 Å². The van der Waals surface area contributed by atoms with Crippen molar-refractivity contribution in [3.8, 4) is 11.3 Å². The number of rotatable bonds is 3. The molecule has 0 aliphatic rings. The maximum atomic E-state index is 4.55. The first-order valence-corrected chi connectivity index (χ1v) is 5.96. The van der Waals surface area contributed by atoms with Crippen LogP contribution in [0.5, 0.6) is 0 Å². The maximum absolute atomic E-state index is 4.55. The van der Waals surface area contributed by atoms with E-state index in [0.29, 0.717) is 0 Å². The predicted molar refractivity (Wildman–Crippen MR) is 69.2 cm³/mol. The van der Waals surface area contributed by atoms with Gasteiger partial charge in [0.25, 0.3) is 0 Å². The number of aromatic nitrogens is 2. The average molecular weight is 280 g/mol. The van der Waals surface area contributed by atoms with E-state index in [2.05, 4.69) is 56.3 Å². The molecular weight excluding hydrogens is 266 g/mol. The number of hydrogen-bond acceptors (Lipinski definition) is 2. The summed E-state index contributed by atoms with van der Waals surface area (Å²) in [5, 5.41) is 3.07. The van der Waals surface area contributed by atoms with E-state index in [-0.39, 0.29) is 0 Å². The predicted octanol–water partition coefficient (Wildman–Crippen LogP) is 2.87. The lowest BCUT2D eigenvalue weighted by atomic mass is 10.1. The molecule has 84 valence electrons. The molecule has 0 fully saturated rings. The molecule has 4 heteroatoms. The van der Waals surface area contributed by atoms with Crippen LogP contribution in [0.3, 0.4) is 0 Å². The zero-order chi connectivity index (χ0) is 11.5. The minimum Gasteiger partial charge on any atom is -0.335 e. The van der Waals surface area contributed by atoms with Crippen LogP contribution in [0.4, 0.5) is 0 Å². The Morgan fingerprint density at radius 3 is 2.94 bits per heavy atom. The highest BCUT2D eigenvalue weighted by molar-refractivity contribution is 9.10. The first-order valence-electron chi connectivity index (χ1n) is 5.16. The fourth-order valence-electron chi connectivity index (χ4n) is 1.63. The van der Waals surface area contributed by atoms with Gasteiger partial charge in [0.1, 0.15) is 16.1 Å². The van der Waals surface area contributed by atoms with Crippen LogP contribution in [0.25, 0.3) is 11.3 Å². The zero-order valence-corrected chi connectivity index (χ0v) is 10.9. The van der Waals surface area contributed by atoms with E-state index >= 15 is 0 Å². The largest absolute Gasteiger partial charge is 0.335 e. The number of benzene rings is 1. The third-order valence-corrected chi connectivity index (χ3v) is 2.92. The molecule has 1 aromatic heterocycles. The normalized spacial score (nSPS) is 10.7. The summed E-state index contributed by atoms with van der Waals surface area (Å²) in [6.07, 6.45) is 0. The van der Waals surface area contributed by atoms with Gasteiger partial charge in [0, 0.05) is 5.56 Å². The van der Waals surface area contributed by atoms with Crippen molar-refractivity contribution in [2.45, 2.75) is 13.5 Å². The van der Waals surface area contributed by atoms with Gasteiger partial charge in [-0.25, -0.2) is 4.98 Å². The van der Waals surface area contributed by atoms with Gasteiger partial charge in [0.15, 0.2) is 0 Å². The minimum atomic E-state index is 0.740. The Labute approximate surface area is 103 Å². The van der Waals surface area contributed by atoms with Crippen molar-refractivity contribution in [1.82, 2.24) is 15.3 Å². The molecule has 0 aliphatic carbocycles. The van der Waals surface area contributed by atoms with Crippen molar-refractivity contribution in [2.24, 2.45) is 0 Å². The highest BCUT2D eigenvalue weighted by Crippen LogP contribution is 2.26. The second-order valence-electron chi connectivity index (χ2n) is 3.75. The van der Waals surface area contributed by atoms with Crippen LogP contribution in [-0.2, 0) is 6.54 Å². The Balaban J connectivity index is 2.40. The molecule has 0 bridgehead atoms. The zero-order valence-electron chi connectivity index (χ0n) is 9.34. The number of imidazole rings is 1. The number of aromatic amines is 1. The fraction of sp³-hybridized carbons (Fsp3) is 0.250. The number of nitrogens with zero attached hydrogens (tertiary/aromatic N) is 1.